The third kappa shape index (κ3) is 3.49. The zero-order valence-electron chi connectivity index (χ0n) is 16.2. The van der Waals surface area contributed by atoms with Crippen molar-refractivity contribution in [3.05, 3.63) is 47.0 Å². The molecule has 0 aliphatic rings. The van der Waals surface area contributed by atoms with Crippen molar-refractivity contribution >= 4 is 15.7 Å². The Morgan fingerprint density at radius 2 is 1.89 bits per heavy atom. The maximum absolute atomic E-state index is 13.1. The van der Waals surface area contributed by atoms with Crippen molar-refractivity contribution in [1.82, 2.24) is 14.8 Å². The van der Waals surface area contributed by atoms with Crippen molar-refractivity contribution in [2.75, 3.05) is 4.72 Å². The van der Waals surface area contributed by atoms with Crippen molar-refractivity contribution in [2.24, 2.45) is 7.05 Å². The zero-order chi connectivity index (χ0) is 19.8. The number of hydrogen-bond donors (Lipinski definition) is 1. The van der Waals surface area contributed by atoms with E-state index in [1.165, 1.54) is 0 Å². The number of aryl methyl sites for hydroxylation is 2. The second-order valence-electron chi connectivity index (χ2n) is 6.46. The lowest BCUT2D eigenvalue weighted by Crippen LogP contribution is -2.15. The van der Waals surface area contributed by atoms with Gasteiger partial charge >= 0.3 is 0 Å². The Morgan fingerprint density at radius 1 is 1.15 bits per heavy atom. The van der Waals surface area contributed by atoms with Gasteiger partial charge in [-0.3, -0.25) is 4.72 Å². The normalized spacial score (nSPS) is 11.7. The Bertz CT molecular complexity index is 1080. The first-order valence-corrected chi connectivity index (χ1v) is 10.4. The Morgan fingerprint density at radius 3 is 2.52 bits per heavy atom. The van der Waals surface area contributed by atoms with Crippen molar-refractivity contribution in [1.29, 1.82) is 0 Å². The van der Waals surface area contributed by atoms with Gasteiger partial charge in [-0.2, -0.15) is 0 Å². The third-order valence-electron chi connectivity index (χ3n) is 4.69. The summed E-state index contributed by atoms with van der Waals surface area (Å²) in [4.78, 5) is 0.234. The molecule has 0 bridgehead atoms. The first-order chi connectivity index (χ1) is 12.8. The fourth-order valence-electron chi connectivity index (χ4n) is 3.20. The summed E-state index contributed by atoms with van der Waals surface area (Å²) in [6.45, 7) is 7.48. The number of sulfonamides is 1. The highest BCUT2D eigenvalue weighted by molar-refractivity contribution is 7.92. The highest BCUT2D eigenvalue weighted by atomic mass is 32.2. The molecule has 2 heterocycles. The summed E-state index contributed by atoms with van der Waals surface area (Å²) in [6, 6.07) is 7.40. The molecule has 0 unspecified atom stereocenters. The molecule has 0 aliphatic carbocycles. The van der Waals surface area contributed by atoms with Crippen LogP contribution in [0.1, 0.15) is 36.6 Å². The molecule has 1 N–H and O–H groups in total. The summed E-state index contributed by atoms with van der Waals surface area (Å²) in [5, 5.41) is 8.06. The van der Waals surface area contributed by atoms with Gasteiger partial charge in [0.15, 0.2) is 0 Å². The van der Waals surface area contributed by atoms with Gasteiger partial charge in [0, 0.05) is 30.4 Å². The van der Waals surface area contributed by atoms with Crippen molar-refractivity contribution in [3.8, 4) is 11.6 Å². The number of nitrogens with zero attached hydrogens (tertiary/aromatic N) is 3. The average Bonchev–Trinajstić information content (AvgIpc) is 3.17. The quantitative estimate of drug-likeness (QED) is 0.696. The molecule has 0 fully saturated rings. The minimum absolute atomic E-state index is 0.234. The number of rotatable bonds is 6. The lowest BCUT2D eigenvalue weighted by atomic mass is 10.1. The molecule has 3 aromatic rings. The summed E-state index contributed by atoms with van der Waals surface area (Å²) in [7, 11) is -1.97. The fourth-order valence-corrected chi connectivity index (χ4v) is 4.77. The lowest BCUT2D eigenvalue weighted by Gasteiger charge is -2.10. The Hall–Kier alpha value is -2.61. The highest BCUT2D eigenvalue weighted by Crippen LogP contribution is 2.33. The molecule has 0 radical (unpaired) electrons. The second kappa shape index (κ2) is 7.19. The topological polar surface area (TPSA) is 90.0 Å². The molecule has 144 valence electrons. The molecule has 27 heavy (non-hydrogen) atoms. The van der Waals surface area contributed by atoms with Crippen LogP contribution < -0.4 is 4.72 Å². The van der Waals surface area contributed by atoms with Gasteiger partial charge in [-0.1, -0.05) is 26.0 Å². The first-order valence-electron chi connectivity index (χ1n) is 8.88. The van der Waals surface area contributed by atoms with Crippen LogP contribution in [0.3, 0.4) is 0 Å². The summed E-state index contributed by atoms with van der Waals surface area (Å²) in [5.41, 5.74) is 3.42. The van der Waals surface area contributed by atoms with E-state index < -0.39 is 10.0 Å². The van der Waals surface area contributed by atoms with Crippen molar-refractivity contribution in [3.63, 3.8) is 0 Å². The number of nitrogens with one attached hydrogen (secondary N) is 1. The number of hydrogen-bond acceptors (Lipinski definition) is 5. The van der Waals surface area contributed by atoms with Crippen LogP contribution in [0, 0.1) is 13.8 Å². The largest absolute Gasteiger partial charge is 0.419 e. The van der Waals surface area contributed by atoms with Crippen molar-refractivity contribution < 1.29 is 12.8 Å². The van der Waals surface area contributed by atoms with Crippen LogP contribution in [0.15, 0.2) is 33.6 Å². The lowest BCUT2D eigenvalue weighted by molar-refractivity contribution is 0.508. The van der Waals surface area contributed by atoms with E-state index in [0.717, 1.165) is 12.0 Å². The van der Waals surface area contributed by atoms with E-state index in [1.54, 1.807) is 31.5 Å². The predicted octanol–water partition coefficient (Wildman–Crippen LogP) is 3.62. The fraction of sp³-hybridized carbons (Fsp3) is 0.368. The molecule has 0 aliphatic heterocycles. The average molecular weight is 388 g/mol. The zero-order valence-corrected chi connectivity index (χ0v) is 17.0. The Kier molecular flexibility index (Phi) is 5.10. The Balaban J connectivity index is 2.06. The SMILES string of the molecule is CCc1cccc(NS(=O)(=O)c2c(C)c(-c3nnc(CC)o3)n(C)c2C)c1. The number of aromatic nitrogens is 3. The maximum Gasteiger partial charge on any atom is 0.264 e. The molecule has 0 spiro atoms. The standard InChI is InChI=1S/C19H24N4O3S/c1-6-14-9-8-10-15(11-14)22-27(24,25)18-12(3)17(23(5)13(18)4)19-21-20-16(7-2)26-19/h8-11,22H,6-7H2,1-5H3. The summed E-state index contributed by atoms with van der Waals surface area (Å²) < 4.78 is 36.3. The predicted molar refractivity (Wildman–Crippen MR) is 104 cm³/mol. The summed E-state index contributed by atoms with van der Waals surface area (Å²) in [5.74, 6) is 0.839. The molecule has 2 aromatic heterocycles. The molecule has 0 atom stereocenters. The molecule has 0 amide bonds. The van der Waals surface area contributed by atoms with E-state index in [4.69, 9.17) is 4.42 Å². The number of anilines is 1. The van der Waals surface area contributed by atoms with E-state index in [0.29, 0.717) is 40.8 Å². The monoisotopic (exact) mass is 388 g/mol. The van der Waals surface area contributed by atoms with Gasteiger partial charge in [-0.15, -0.1) is 10.2 Å². The molecule has 1 aromatic carbocycles. The molecule has 3 rings (SSSR count). The van der Waals surface area contributed by atoms with Crippen LogP contribution in [0.4, 0.5) is 5.69 Å². The summed E-state index contributed by atoms with van der Waals surface area (Å²) >= 11 is 0. The van der Waals surface area contributed by atoms with Gasteiger partial charge in [0.05, 0.1) is 0 Å². The van der Waals surface area contributed by atoms with Gasteiger partial charge in [-0.05, 0) is 38.0 Å². The van der Waals surface area contributed by atoms with Crippen LogP contribution in [0.5, 0.6) is 0 Å². The maximum atomic E-state index is 13.1. The van der Waals surface area contributed by atoms with E-state index in [-0.39, 0.29) is 4.90 Å². The minimum Gasteiger partial charge on any atom is -0.419 e. The molecule has 0 saturated carbocycles. The summed E-state index contributed by atoms with van der Waals surface area (Å²) in [6.07, 6.45) is 1.45. The van der Waals surface area contributed by atoms with Gasteiger partial charge in [-0.25, -0.2) is 8.42 Å². The van der Waals surface area contributed by atoms with E-state index in [1.807, 2.05) is 32.0 Å². The Labute approximate surface area is 159 Å². The van der Waals surface area contributed by atoms with E-state index in [2.05, 4.69) is 14.9 Å². The molecule has 0 saturated heterocycles. The van der Waals surface area contributed by atoms with E-state index >= 15 is 0 Å². The highest BCUT2D eigenvalue weighted by Gasteiger charge is 2.29. The number of benzene rings is 1. The van der Waals surface area contributed by atoms with E-state index in [9.17, 15) is 8.42 Å². The van der Waals surface area contributed by atoms with Crippen LogP contribution in [-0.4, -0.2) is 23.2 Å². The third-order valence-corrected chi connectivity index (χ3v) is 6.33. The smallest absolute Gasteiger partial charge is 0.264 e. The molecule has 7 nitrogen and oxygen atoms in total. The second-order valence-corrected chi connectivity index (χ2v) is 8.08. The molecular weight excluding hydrogens is 364 g/mol. The minimum atomic E-state index is -3.77. The van der Waals surface area contributed by atoms with Crippen LogP contribution >= 0.6 is 0 Å². The van der Waals surface area contributed by atoms with Crippen LogP contribution in [-0.2, 0) is 29.9 Å². The van der Waals surface area contributed by atoms with Gasteiger partial charge in [0.1, 0.15) is 10.6 Å². The van der Waals surface area contributed by atoms with Crippen molar-refractivity contribution in [2.45, 2.75) is 45.4 Å². The van der Waals surface area contributed by atoms with Crippen LogP contribution in [0.2, 0.25) is 0 Å². The molecule has 8 heteroatoms. The van der Waals surface area contributed by atoms with Gasteiger partial charge in [0.25, 0.3) is 15.9 Å². The van der Waals surface area contributed by atoms with Crippen LogP contribution in [0.25, 0.3) is 11.6 Å². The van der Waals surface area contributed by atoms with Gasteiger partial charge < -0.3 is 8.98 Å². The molecular formula is C19H24N4O3S. The van der Waals surface area contributed by atoms with Gasteiger partial charge in [0.2, 0.25) is 5.89 Å². The first kappa shape index (κ1) is 19.2.